The Balaban J connectivity index is 2.22. The third kappa shape index (κ3) is 3.97. The van der Waals surface area contributed by atoms with Crippen LogP contribution in [0.5, 0.6) is 0 Å². The Morgan fingerprint density at radius 1 is 1.20 bits per heavy atom. The fourth-order valence-corrected chi connectivity index (χ4v) is 2.70. The molecule has 0 aliphatic carbocycles. The van der Waals surface area contributed by atoms with E-state index >= 15 is 0 Å². The molecule has 1 N–H and O–H groups in total. The van der Waals surface area contributed by atoms with Crippen molar-refractivity contribution in [3.63, 3.8) is 0 Å². The van der Waals surface area contributed by atoms with E-state index in [0.717, 1.165) is 33.8 Å². The Labute approximate surface area is 133 Å². The quantitative estimate of drug-likeness (QED) is 0.691. The molecule has 0 saturated heterocycles. The fourth-order valence-electron chi connectivity index (χ4n) is 2.18. The number of aromatic nitrogens is 1. The second-order valence-corrected chi connectivity index (χ2v) is 6.05. The smallest absolute Gasteiger partial charge is 0.106 e. The average molecular weight is 354 g/mol. The number of pyridine rings is 1. The highest BCUT2D eigenvalue weighted by Crippen LogP contribution is 2.27. The molecule has 0 saturated carbocycles. The van der Waals surface area contributed by atoms with Crippen LogP contribution >= 0.6 is 27.5 Å². The molecule has 0 aliphatic rings. The minimum atomic E-state index is 0.277. The molecule has 0 bridgehead atoms. The Morgan fingerprint density at radius 3 is 2.50 bits per heavy atom. The van der Waals surface area contributed by atoms with Crippen molar-refractivity contribution in [1.29, 1.82) is 0 Å². The van der Waals surface area contributed by atoms with Crippen molar-refractivity contribution in [3.05, 3.63) is 57.3 Å². The van der Waals surface area contributed by atoms with Crippen molar-refractivity contribution in [2.24, 2.45) is 0 Å². The number of halogens is 2. The van der Waals surface area contributed by atoms with Crippen molar-refractivity contribution in [2.45, 2.75) is 32.7 Å². The van der Waals surface area contributed by atoms with Gasteiger partial charge in [0.25, 0.3) is 0 Å². The number of nitrogens with zero attached hydrogens (tertiary/aromatic N) is 1. The lowest BCUT2D eigenvalue weighted by molar-refractivity contribution is 0.676. The maximum absolute atomic E-state index is 5.96. The zero-order valence-corrected chi connectivity index (χ0v) is 14.0. The summed E-state index contributed by atoms with van der Waals surface area (Å²) < 4.78 is 0.860. The van der Waals surface area contributed by atoms with Crippen LogP contribution in [0.25, 0.3) is 0 Å². The lowest BCUT2D eigenvalue weighted by Gasteiger charge is -2.21. The Bertz CT molecular complexity index is 569. The average Bonchev–Trinajstić information content (AvgIpc) is 2.42. The summed E-state index contributed by atoms with van der Waals surface area (Å²) in [7, 11) is 0. The first kappa shape index (κ1) is 15.3. The van der Waals surface area contributed by atoms with Gasteiger partial charge < -0.3 is 5.32 Å². The summed E-state index contributed by atoms with van der Waals surface area (Å²) in [6, 6.07) is 12.3. The maximum Gasteiger partial charge on any atom is 0.106 e. The van der Waals surface area contributed by atoms with Gasteiger partial charge in [-0.2, -0.15) is 0 Å². The van der Waals surface area contributed by atoms with Crippen LogP contribution in [0.1, 0.15) is 37.1 Å². The summed E-state index contributed by atoms with van der Waals surface area (Å²) in [5, 5.41) is 4.35. The van der Waals surface area contributed by atoms with Crippen molar-refractivity contribution >= 4 is 33.2 Å². The number of aryl methyl sites for hydroxylation is 1. The van der Waals surface area contributed by atoms with Gasteiger partial charge in [-0.3, -0.25) is 0 Å². The minimum Gasteiger partial charge on any atom is -0.377 e. The molecule has 1 heterocycles. The van der Waals surface area contributed by atoms with Crippen LogP contribution in [0.15, 0.2) is 41.0 Å². The number of hydrogen-bond donors (Lipinski definition) is 1. The van der Waals surface area contributed by atoms with Gasteiger partial charge in [0.05, 0.1) is 17.4 Å². The molecule has 4 heteroatoms. The summed E-state index contributed by atoms with van der Waals surface area (Å²) in [4.78, 5) is 4.43. The standard InChI is InChI=1S/C16H18BrClN2/c1-3-4-15(12-5-7-13(18)8-6-12)20-14-9-10-16(17)19-11(14)2/h5-10,15,20H,3-4H2,1-2H3. The van der Waals surface area contributed by atoms with Crippen LogP contribution < -0.4 is 5.32 Å². The monoisotopic (exact) mass is 352 g/mol. The molecule has 2 nitrogen and oxygen atoms in total. The minimum absolute atomic E-state index is 0.277. The van der Waals surface area contributed by atoms with E-state index in [0.29, 0.717) is 0 Å². The molecule has 1 atom stereocenters. The van der Waals surface area contributed by atoms with Gasteiger partial charge in [0, 0.05) is 5.02 Å². The topological polar surface area (TPSA) is 24.9 Å². The SMILES string of the molecule is CCCC(Nc1ccc(Br)nc1C)c1ccc(Cl)cc1. The van der Waals surface area contributed by atoms with Gasteiger partial charge in [0.1, 0.15) is 4.60 Å². The van der Waals surface area contributed by atoms with Crippen LogP contribution in [0.3, 0.4) is 0 Å². The molecular weight excluding hydrogens is 336 g/mol. The number of hydrogen-bond acceptors (Lipinski definition) is 2. The van der Waals surface area contributed by atoms with Gasteiger partial charge in [-0.05, 0) is 59.1 Å². The summed E-state index contributed by atoms with van der Waals surface area (Å²) in [6.07, 6.45) is 2.18. The van der Waals surface area contributed by atoms with E-state index in [1.54, 1.807) is 0 Å². The van der Waals surface area contributed by atoms with E-state index in [4.69, 9.17) is 11.6 Å². The molecule has 2 rings (SSSR count). The molecule has 0 amide bonds. The Hall–Kier alpha value is -1.06. The highest BCUT2D eigenvalue weighted by molar-refractivity contribution is 9.10. The number of nitrogens with one attached hydrogen (secondary N) is 1. The highest BCUT2D eigenvalue weighted by Gasteiger charge is 2.12. The van der Waals surface area contributed by atoms with E-state index in [9.17, 15) is 0 Å². The highest BCUT2D eigenvalue weighted by atomic mass is 79.9. The zero-order valence-electron chi connectivity index (χ0n) is 11.7. The number of benzene rings is 1. The molecule has 0 fully saturated rings. The van der Waals surface area contributed by atoms with Crippen LogP contribution in [0, 0.1) is 6.92 Å². The second-order valence-electron chi connectivity index (χ2n) is 4.80. The second kappa shape index (κ2) is 7.09. The molecular formula is C16H18BrClN2. The first-order valence-corrected chi connectivity index (χ1v) is 7.92. The fraction of sp³-hybridized carbons (Fsp3) is 0.312. The van der Waals surface area contributed by atoms with Gasteiger partial charge in [-0.25, -0.2) is 4.98 Å². The lowest BCUT2D eigenvalue weighted by Crippen LogP contribution is -2.11. The zero-order chi connectivity index (χ0) is 14.5. The van der Waals surface area contributed by atoms with Gasteiger partial charge in [0.15, 0.2) is 0 Å². The number of anilines is 1. The normalized spacial score (nSPS) is 12.2. The van der Waals surface area contributed by atoms with E-state index in [1.165, 1.54) is 5.56 Å². The first-order chi connectivity index (χ1) is 9.60. The van der Waals surface area contributed by atoms with Crippen molar-refractivity contribution in [3.8, 4) is 0 Å². The number of rotatable bonds is 5. The van der Waals surface area contributed by atoms with E-state index in [1.807, 2.05) is 25.1 Å². The van der Waals surface area contributed by atoms with E-state index < -0.39 is 0 Å². The summed E-state index contributed by atoms with van der Waals surface area (Å²) in [6.45, 7) is 4.20. The Morgan fingerprint density at radius 2 is 1.90 bits per heavy atom. The summed E-state index contributed by atoms with van der Waals surface area (Å²) in [5.41, 5.74) is 3.31. The van der Waals surface area contributed by atoms with E-state index in [-0.39, 0.29) is 6.04 Å². The summed E-state index contributed by atoms with van der Waals surface area (Å²) in [5.74, 6) is 0. The van der Waals surface area contributed by atoms with Gasteiger partial charge >= 0.3 is 0 Å². The van der Waals surface area contributed by atoms with E-state index in [2.05, 4.69) is 51.4 Å². The third-order valence-electron chi connectivity index (χ3n) is 3.23. The van der Waals surface area contributed by atoms with Gasteiger partial charge in [-0.15, -0.1) is 0 Å². The Kier molecular flexibility index (Phi) is 5.44. The first-order valence-electron chi connectivity index (χ1n) is 6.75. The predicted octanol–water partition coefficient (Wildman–Crippen LogP) is 5.76. The molecule has 20 heavy (non-hydrogen) atoms. The summed E-state index contributed by atoms with van der Waals surface area (Å²) >= 11 is 9.35. The van der Waals surface area contributed by atoms with Crippen LogP contribution in [0.2, 0.25) is 5.02 Å². The molecule has 0 spiro atoms. The lowest BCUT2D eigenvalue weighted by atomic mass is 10.0. The van der Waals surface area contributed by atoms with Crippen molar-refractivity contribution < 1.29 is 0 Å². The van der Waals surface area contributed by atoms with Crippen molar-refractivity contribution in [2.75, 3.05) is 5.32 Å². The van der Waals surface area contributed by atoms with Crippen LogP contribution in [0.4, 0.5) is 5.69 Å². The van der Waals surface area contributed by atoms with Gasteiger partial charge in [-0.1, -0.05) is 37.1 Å². The molecule has 1 aromatic carbocycles. The molecule has 1 aromatic heterocycles. The van der Waals surface area contributed by atoms with Crippen LogP contribution in [-0.2, 0) is 0 Å². The van der Waals surface area contributed by atoms with Gasteiger partial charge in [0.2, 0.25) is 0 Å². The molecule has 1 unspecified atom stereocenters. The molecule has 106 valence electrons. The molecule has 2 aromatic rings. The van der Waals surface area contributed by atoms with Crippen LogP contribution in [-0.4, -0.2) is 4.98 Å². The third-order valence-corrected chi connectivity index (χ3v) is 3.92. The predicted molar refractivity (Wildman–Crippen MR) is 89.4 cm³/mol. The molecule has 0 radical (unpaired) electrons. The van der Waals surface area contributed by atoms with Crippen molar-refractivity contribution in [1.82, 2.24) is 4.98 Å². The largest absolute Gasteiger partial charge is 0.377 e. The maximum atomic E-state index is 5.96. The molecule has 0 aliphatic heterocycles.